The number of para-hydroxylation sites is 1. The number of hydrogen-bond acceptors (Lipinski definition) is 5. The fourth-order valence-corrected chi connectivity index (χ4v) is 4.97. The Labute approximate surface area is 178 Å². The zero-order valence-corrected chi connectivity index (χ0v) is 17.8. The van der Waals surface area contributed by atoms with Gasteiger partial charge in [-0.25, -0.2) is 4.98 Å². The first kappa shape index (κ1) is 20.0. The van der Waals surface area contributed by atoms with E-state index in [4.69, 9.17) is 21.3 Å². The van der Waals surface area contributed by atoms with Crippen LogP contribution in [0.25, 0.3) is 16.6 Å². The van der Waals surface area contributed by atoms with Crippen molar-refractivity contribution in [2.75, 3.05) is 7.11 Å². The van der Waals surface area contributed by atoms with Gasteiger partial charge in [0, 0.05) is 17.5 Å². The Morgan fingerprint density at radius 1 is 1.21 bits per heavy atom. The van der Waals surface area contributed by atoms with Gasteiger partial charge in [-0.05, 0) is 43.5 Å². The standard InChI is InChI=1S/C22H21ClN2O3S/c1-13-11-17(19(28-2)12-15(13)23)25-21(27)14-7-3-4-8-16(14)24-22(25)29-20-10-6-5-9-18(20)26/h3-4,7-8,11-12,20H,5-6,9-10H2,1-2H3/t20-/m0/s1. The molecular weight excluding hydrogens is 408 g/mol. The fourth-order valence-electron chi connectivity index (χ4n) is 3.59. The van der Waals surface area contributed by atoms with Gasteiger partial charge in [0.1, 0.15) is 11.5 Å². The van der Waals surface area contributed by atoms with Gasteiger partial charge in [0.15, 0.2) is 5.16 Å². The molecule has 0 unspecified atom stereocenters. The fraction of sp³-hybridized carbons (Fsp3) is 0.318. The van der Waals surface area contributed by atoms with E-state index in [1.54, 1.807) is 23.8 Å². The summed E-state index contributed by atoms with van der Waals surface area (Å²) in [5.74, 6) is 0.700. The first-order valence-corrected chi connectivity index (χ1v) is 10.8. The number of carbonyl (C=O) groups is 1. The van der Waals surface area contributed by atoms with Crippen LogP contribution in [0.4, 0.5) is 0 Å². The van der Waals surface area contributed by atoms with Crippen molar-refractivity contribution in [1.29, 1.82) is 0 Å². The number of ether oxygens (including phenoxy) is 1. The first-order valence-electron chi connectivity index (χ1n) is 9.55. The van der Waals surface area contributed by atoms with Crippen LogP contribution in [-0.4, -0.2) is 27.7 Å². The molecule has 0 aliphatic heterocycles. The monoisotopic (exact) mass is 428 g/mol. The van der Waals surface area contributed by atoms with Crippen LogP contribution < -0.4 is 10.3 Å². The van der Waals surface area contributed by atoms with Gasteiger partial charge in [-0.15, -0.1) is 0 Å². The van der Waals surface area contributed by atoms with E-state index in [2.05, 4.69) is 0 Å². The van der Waals surface area contributed by atoms with Crippen LogP contribution in [-0.2, 0) is 4.79 Å². The Hall–Kier alpha value is -2.31. The van der Waals surface area contributed by atoms with E-state index < -0.39 is 0 Å². The summed E-state index contributed by atoms with van der Waals surface area (Å²) in [6.45, 7) is 1.88. The molecule has 0 spiro atoms. The van der Waals surface area contributed by atoms with Gasteiger partial charge in [-0.3, -0.25) is 14.2 Å². The number of thioether (sulfide) groups is 1. The van der Waals surface area contributed by atoms with Crippen LogP contribution in [0.3, 0.4) is 0 Å². The summed E-state index contributed by atoms with van der Waals surface area (Å²) in [5.41, 5.74) is 1.82. The zero-order chi connectivity index (χ0) is 20.5. The van der Waals surface area contributed by atoms with Crippen molar-refractivity contribution in [2.24, 2.45) is 0 Å². The van der Waals surface area contributed by atoms with Crippen LogP contribution in [0.1, 0.15) is 31.2 Å². The maximum Gasteiger partial charge on any atom is 0.266 e. The molecule has 1 aliphatic rings. The quantitative estimate of drug-likeness (QED) is 0.549. The normalized spacial score (nSPS) is 16.9. The molecule has 0 N–H and O–H groups in total. The minimum atomic E-state index is -0.193. The summed E-state index contributed by atoms with van der Waals surface area (Å²) >= 11 is 7.63. The van der Waals surface area contributed by atoms with Crippen molar-refractivity contribution in [3.05, 3.63) is 57.3 Å². The number of aromatic nitrogens is 2. The summed E-state index contributed by atoms with van der Waals surface area (Å²) in [4.78, 5) is 30.7. The third-order valence-electron chi connectivity index (χ3n) is 5.19. The molecule has 29 heavy (non-hydrogen) atoms. The summed E-state index contributed by atoms with van der Waals surface area (Å²) in [5, 5.41) is 1.38. The second-order valence-corrected chi connectivity index (χ2v) is 8.72. The number of halogens is 1. The summed E-state index contributed by atoms with van der Waals surface area (Å²) in [6.07, 6.45) is 3.31. The molecule has 7 heteroatoms. The summed E-state index contributed by atoms with van der Waals surface area (Å²) in [6, 6.07) is 10.8. The van der Waals surface area contributed by atoms with Crippen molar-refractivity contribution in [2.45, 2.75) is 43.0 Å². The number of aryl methyl sites for hydroxylation is 1. The highest BCUT2D eigenvalue weighted by Gasteiger charge is 2.27. The minimum Gasteiger partial charge on any atom is -0.495 e. The van der Waals surface area contributed by atoms with Gasteiger partial charge in [0.25, 0.3) is 5.56 Å². The van der Waals surface area contributed by atoms with E-state index in [1.807, 2.05) is 31.2 Å². The Bertz CT molecular complexity index is 1160. The van der Waals surface area contributed by atoms with Gasteiger partial charge in [-0.1, -0.05) is 41.9 Å². The maximum atomic E-state index is 13.5. The second kappa shape index (κ2) is 8.20. The van der Waals surface area contributed by atoms with Crippen LogP contribution in [0.5, 0.6) is 5.75 Å². The van der Waals surface area contributed by atoms with Crippen LogP contribution in [0.2, 0.25) is 5.02 Å². The third-order valence-corrected chi connectivity index (χ3v) is 6.87. The van der Waals surface area contributed by atoms with Crippen molar-refractivity contribution in [1.82, 2.24) is 9.55 Å². The molecule has 0 bridgehead atoms. The van der Waals surface area contributed by atoms with E-state index in [1.165, 1.54) is 11.8 Å². The predicted molar refractivity (Wildman–Crippen MR) is 117 cm³/mol. The van der Waals surface area contributed by atoms with E-state index in [0.29, 0.717) is 38.9 Å². The number of Topliss-reactive ketones (excluding diaryl/α,β-unsaturated/α-hetero) is 1. The molecular formula is C22H21ClN2O3S. The molecule has 3 aromatic rings. The lowest BCUT2D eigenvalue weighted by Gasteiger charge is -2.22. The molecule has 150 valence electrons. The largest absolute Gasteiger partial charge is 0.495 e. The lowest BCUT2D eigenvalue weighted by Crippen LogP contribution is -2.26. The number of benzene rings is 2. The molecule has 1 fully saturated rings. The van der Waals surface area contributed by atoms with Crippen molar-refractivity contribution >= 4 is 40.0 Å². The third kappa shape index (κ3) is 3.79. The Morgan fingerprint density at radius 2 is 2.00 bits per heavy atom. The highest BCUT2D eigenvalue weighted by molar-refractivity contribution is 8.00. The average molecular weight is 429 g/mol. The highest BCUT2D eigenvalue weighted by atomic mass is 35.5. The van der Waals surface area contributed by atoms with Crippen molar-refractivity contribution in [3.63, 3.8) is 0 Å². The van der Waals surface area contributed by atoms with Crippen LogP contribution >= 0.6 is 23.4 Å². The van der Waals surface area contributed by atoms with Crippen LogP contribution in [0.15, 0.2) is 46.3 Å². The van der Waals surface area contributed by atoms with E-state index in [-0.39, 0.29) is 16.6 Å². The molecule has 2 aromatic carbocycles. The molecule has 1 atom stereocenters. The van der Waals surface area contributed by atoms with Gasteiger partial charge >= 0.3 is 0 Å². The number of rotatable bonds is 4. The molecule has 1 aliphatic carbocycles. The van der Waals surface area contributed by atoms with Gasteiger partial charge in [0.05, 0.1) is 29.0 Å². The lowest BCUT2D eigenvalue weighted by atomic mass is 9.99. The number of nitrogens with zero attached hydrogens (tertiary/aromatic N) is 2. The molecule has 0 amide bonds. The molecule has 1 aromatic heterocycles. The Morgan fingerprint density at radius 3 is 2.76 bits per heavy atom. The average Bonchev–Trinajstić information content (AvgIpc) is 2.72. The molecule has 1 heterocycles. The summed E-state index contributed by atoms with van der Waals surface area (Å²) in [7, 11) is 1.54. The van der Waals surface area contributed by atoms with E-state index in [9.17, 15) is 9.59 Å². The number of carbonyl (C=O) groups excluding carboxylic acids is 1. The maximum absolute atomic E-state index is 13.5. The van der Waals surface area contributed by atoms with Gasteiger partial charge < -0.3 is 4.74 Å². The number of hydrogen-bond donors (Lipinski definition) is 0. The number of methoxy groups -OCH3 is 1. The molecule has 1 saturated carbocycles. The van der Waals surface area contributed by atoms with Crippen molar-refractivity contribution < 1.29 is 9.53 Å². The van der Waals surface area contributed by atoms with Crippen LogP contribution in [0, 0.1) is 6.92 Å². The molecule has 5 nitrogen and oxygen atoms in total. The first-order chi connectivity index (χ1) is 14.0. The topological polar surface area (TPSA) is 61.2 Å². The Balaban J connectivity index is 1.97. The molecule has 4 rings (SSSR count). The summed E-state index contributed by atoms with van der Waals surface area (Å²) < 4.78 is 7.07. The van der Waals surface area contributed by atoms with Crippen molar-refractivity contribution in [3.8, 4) is 11.4 Å². The minimum absolute atomic E-state index is 0.192. The molecule has 0 saturated heterocycles. The van der Waals surface area contributed by atoms with E-state index >= 15 is 0 Å². The molecule has 0 radical (unpaired) electrons. The lowest BCUT2D eigenvalue weighted by molar-refractivity contribution is -0.119. The SMILES string of the molecule is COc1cc(Cl)c(C)cc1-n1c(S[C@H]2CCCCC2=O)nc2ccccc2c1=O. The number of fused-ring (bicyclic) bond motifs is 1. The predicted octanol–water partition coefficient (Wildman–Crippen LogP) is 4.96. The number of ketones is 1. The van der Waals surface area contributed by atoms with Gasteiger partial charge in [0.2, 0.25) is 0 Å². The van der Waals surface area contributed by atoms with E-state index in [0.717, 1.165) is 24.8 Å². The second-order valence-electron chi connectivity index (χ2n) is 7.14. The Kier molecular flexibility index (Phi) is 5.65. The smallest absolute Gasteiger partial charge is 0.266 e. The van der Waals surface area contributed by atoms with Gasteiger partial charge in [-0.2, -0.15) is 0 Å². The zero-order valence-electron chi connectivity index (χ0n) is 16.3. The highest BCUT2D eigenvalue weighted by Crippen LogP contribution is 2.35.